The van der Waals surface area contributed by atoms with Gasteiger partial charge in [0.25, 0.3) is 5.91 Å². The fraction of sp³-hybridized carbons (Fsp3) is 0.364. The average molecular weight is 452 g/mol. The number of aryl methyl sites for hydroxylation is 1. The van der Waals surface area contributed by atoms with Gasteiger partial charge in [-0.15, -0.1) is 0 Å². The van der Waals surface area contributed by atoms with Crippen molar-refractivity contribution in [1.29, 1.82) is 0 Å². The molecule has 31 heavy (non-hydrogen) atoms. The number of halogens is 1. The first-order valence-electron chi connectivity index (χ1n) is 9.52. The molecule has 0 atom stereocenters. The summed E-state index contributed by atoms with van der Waals surface area (Å²) in [5, 5.41) is 3.30. The van der Waals surface area contributed by atoms with E-state index in [1.807, 2.05) is 13.0 Å². The predicted octanol–water partition coefficient (Wildman–Crippen LogP) is 4.02. The van der Waals surface area contributed by atoms with Crippen molar-refractivity contribution in [2.75, 3.05) is 39.9 Å². The lowest BCUT2D eigenvalue weighted by molar-refractivity contribution is -0.147. The van der Waals surface area contributed by atoms with Crippen LogP contribution in [0.4, 0.5) is 5.69 Å². The summed E-state index contributed by atoms with van der Waals surface area (Å²) in [6, 6.07) is 8.51. The van der Waals surface area contributed by atoms with Gasteiger partial charge in [0, 0.05) is 29.3 Å². The third kappa shape index (κ3) is 7.25. The molecule has 0 unspecified atom stereocenters. The third-order valence-electron chi connectivity index (χ3n) is 4.24. The highest BCUT2D eigenvalue weighted by atomic mass is 35.5. The van der Waals surface area contributed by atoms with E-state index in [1.54, 1.807) is 24.3 Å². The van der Waals surface area contributed by atoms with E-state index in [1.165, 1.54) is 21.3 Å². The maximum Gasteiger partial charge on any atom is 0.306 e. The van der Waals surface area contributed by atoms with Crippen LogP contribution in [0.2, 0.25) is 5.02 Å². The van der Waals surface area contributed by atoms with Gasteiger partial charge in [0.15, 0.2) is 18.1 Å². The van der Waals surface area contributed by atoms with Crippen LogP contribution in [0.1, 0.15) is 18.4 Å². The molecule has 1 amide bonds. The lowest BCUT2D eigenvalue weighted by Crippen LogP contribution is -2.21. The molecule has 0 aliphatic heterocycles. The molecule has 0 aliphatic rings. The largest absolute Gasteiger partial charge is 0.494 e. The normalized spacial score (nSPS) is 10.2. The summed E-state index contributed by atoms with van der Waals surface area (Å²) < 4.78 is 26.3. The van der Waals surface area contributed by atoms with Crippen molar-refractivity contribution in [3.8, 4) is 23.0 Å². The summed E-state index contributed by atoms with van der Waals surface area (Å²) in [7, 11) is 4.44. The SMILES string of the molecule is COc1cc(NC(=O)COC(=O)CCCOc2ccc(Cl)c(C)c2)cc(OC)c1OC. The Balaban J connectivity index is 1.75. The first-order valence-corrected chi connectivity index (χ1v) is 9.90. The monoisotopic (exact) mass is 451 g/mol. The van der Waals surface area contributed by atoms with Gasteiger partial charge in [-0.1, -0.05) is 11.6 Å². The summed E-state index contributed by atoms with van der Waals surface area (Å²) in [5.74, 6) is 0.895. The van der Waals surface area contributed by atoms with E-state index in [9.17, 15) is 9.59 Å². The number of hydrogen-bond donors (Lipinski definition) is 1. The van der Waals surface area contributed by atoms with Crippen molar-refractivity contribution in [3.05, 3.63) is 40.9 Å². The molecular formula is C22H26ClNO7. The highest BCUT2D eigenvalue weighted by molar-refractivity contribution is 6.31. The number of benzene rings is 2. The Hall–Kier alpha value is -3.13. The first-order chi connectivity index (χ1) is 14.9. The zero-order valence-corrected chi connectivity index (χ0v) is 18.7. The number of esters is 1. The Bertz CT molecular complexity index is 892. The smallest absolute Gasteiger partial charge is 0.306 e. The van der Waals surface area contributed by atoms with Crippen LogP contribution in [0.15, 0.2) is 30.3 Å². The van der Waals surface area contributed by atoms with Crippen molar-refractivity contribution in [3.63, 3.8) is 0 Å². The Morgan fingerprint density at radius 1 is 1.00 bits per heavy atom. The number of methoxy groups -OCH3 is 3. The van der Waals surface area contributed by atoms with Gasteiger partial charge in [0.2, 0.25) is 5.75 Å². The van der Waals surface area contributed by atoms with Crippen molar-refractivity contribution >= 4 is 29.2 Å². The first kappa shape index (κ1) is 24.1. The summed E-state index contributed by atoms with van der Waals surface area (Å²) in [5.41, 5.74) is 1.33. The van der Waals surface area contributed by atoms with Crippen molar-refractivity contribution in [1.82, 2.24) is 0 Å². The lowest BCUT2D eigenvalue weighted by atomic mass is 10.2. The molecule has 0 aromatic heterocycles. The van der Waals surface area contributed by atoms with Crippen molar-refractivity contribution in [2.24, 2.45) is 0 Å². The number of nitrogens with one attached hydrogen (secondary N) is 1. The molecule has 2 rings (SSSR count). The van der Waals surface area contributed by atoms with E-state index in [-0.39, 0.29) is 6.42 Å². The summed E-state index contributed by atoms with van der Waals surface area (Å²) in [6.07, 6.45) is 0.582. The molecular weight excluding hydrogens is 426 g/mol. The third-order valence-corrected chi connectivity index (χ3v) is 4.66. The lowest BCUT2D eigenvalue weighted by Gasteiger charge is -2.14. The van der Waals surface area contributed by atoms with E-state index in [4.69, 9.17) is 35.3 Å². The number of ether oxygens (including phenoxy) is 5. The van der Waals surface area contributed by atoms with Crippen LogP contribution >= 0.6 is 11.6 Å². The Morgan fingerprint density at radius 2 is 1.68 bits per heavy atom. The second kappa shape index (κ2) is 11.9. The second-order valence-electron chi connectivity index (χ2n) is 6.49. The highest BCUT2D eigenvalue weighted by Crippen LogP contribution is 2.39. The Morgan fingerprint density at radius 3 is 2.26 bits per heavy atom. The molecule has 9 heteroatoms. The molecule has 2 aromatic rings. The molecule has 2 aromatic carbocycles. The van der Waals surface area contributed by atoms with E-state index in [0.717, 1.165) is 5.56 Å². The van der Waals surface area contributed by atoms with Crippen LogP contribution in [0.25, 0.3) is 0 Å². The van der Waals surface area contributed by atoms with Gasteiger partial charge in [0.05, 0.1) is 27.9 Å². The minimum absolute atomic E-state index is 0.129. The number of carbonyl (C=O) groups is 2. The molecule has 0 saturated heterocycles. The van der Waals surface area contributed by atoms with Crippen LogP contribution in [-0.2, 0) is 14.3 Å². The zero-order valence-electron chi connectivity index (χ0n) is 18.0. The van der Waals surface area contributed by atoms with Gasteiger partial charge in [-0.05, 0) is 37.1 Å². The van der Waals surface area contributed by atoms with Crippen LogP contribution in [0.5, 0.6) is 23.0 Å². The van der Waals surface area contributed by atoms with Crippen LogP contribution in [-0.4, -0.2) is 46.4 Å². The Kier molecular flexibility index (Phi) is 9.27. The van der Waals surface area contributed by atoms with Crippen molar-refractivity contribution in [2.45, 2.75) is 19.8 Å². The van der Waals surface area contributed by atoms with Gasteiger partial charge in [-0.25, -0.2) is 0 Å². The van der Waals surface area contributed by atoms with Crippen LogP contribution in [0, 0.1) is 6.92 Å². The summed E-state index contributed by atoms with van der Waals surface area (Å²) in [6.45, 7) is 1.82. The van der Waals surface area contributed by atoms with E-state index in [2.05, 4.69) is 5.32 Å². The number of anilines is 1. The Labute approximate surface area is 186 Å². The van der Waals surface area contributed by atoms with E-state index < -0.39 is 18.5 Å². The quantitative estimate of drug-likeness (QED) is 0.407. The van der Waals surface area contributed by atoms with Gasteiger partial charge in [-0.3, -0.25) is 9.59 Å². The summed E-state index contributed by atoms with van der Waals surface area (Å²) in [4.78, 5) is 24.0. The maximum atomic E-state index is 12.1. The number of carbonyl (C=O) groups excluding carboxylic acids is 2. The fourth-order valence-corrected chi connectivity index (χ4v) is 2.80. The standard InChI is InChI=1S/C22H26ClNO7/c1-14-10-16(7-8-17(14)23)30-9-5-6-21(26)31-13-20(25)24-15-11-18(27-2)22(29-4)19(12-15)28-3/h7-8,10-12H,5-6,9,13H2,1-4H3,(H,24,25). The summed E-state index contributed by atoms with van der Waals surface area (Å²) >= 11 is 5.97. The molecule has 168 valence electrons. The molecule has 0 saturated carbocycles. The molecule has 0 heterocycles. The average Bonchev–Trinajstić information content (AvgIpc) is 2.76. The number of rotatable bonds is 11. The second-order valence-corrected chi connectivity index (χ2v) is 6.89. The van der Waals surface area contributed by atoms with Crippen LogP contribution in [0.3, 0.4) is 0 Å². The topological polar surface area (TPSA) is 92.3 Å². The van der Waals surface area contributed by atoms with E-state index in [0.29, 0.717) is 46.7 Å². The van der Waals surface area contributed by atoms with Gasteiger partial charge < -0.3 is 29.0 Å². The molecule has 0 spiro atoms. The minimum Gasteiger partial charge on any atom is -0.494 e. The molecule has 0 radical (unpaired) electrons. The van der Waals surface area contributed by atoms with Gasteiger partial charge >= 0.3 is 5.97 Å². The van der Waals surface area contributed by atoms with Gasteiger partial charge in [0.1, 0.15) is 5.75 Å². The molecule has 0 bridgehead atoms. The molecule has 8 nitrogen and oxygen atoms in total. The molecule has 0 fully saturated rings. The van der Waals surface area contributed by atoms with E-state index >= 15 is 0 Å². The number of amides is 1. The minimum atomic E-state index is -0.490. The zero-order chi connectivity index (χ0) is 22.8. The fourth-order valence-electron chi connectivity index (χ4n) is 2.68. The molecule has 0 aliphatic carbocycles. The number of hydrogen-bond acceptors (Lipinski definition) is 7. The molecule has 1 N–H and O–H groups in total. The maximum absolute atomic E-state index is 12.1. The highest BCUT2D eigenvalue weighted by Gasteiger charge is 2.15. The van der Waals surface area contributed by atoms with Crippen LogP contribution < -0.4 is 24.3 Å². The predicted molar refractivity (Wildman–Crippen MR) is 117 cm³/mol. The van der Waals surface area contributed by atoms with Gasteiger partial charge in [-0.2, -0.15) is 0 Å². The van der Waals surface area contributed by atoms with Crippen molar-refractivity contribution < 1.29 is 33.3 Å².